The van der Waals surface area contributed by atoms with Crippen molar-refractivity contribution in [3.8, 4) is 5.75 Å². The zero-order chi connectivity index (χ0) is 13.2. The van der Waals surface area contributed by atoms with Crippen LogP contribution in [0.3, 0.4) is 0 Å². The first-order valence-electron chi connectivity index (χ1n) is 5.05. The molecule has 0 aromatic carbocycles. The van der Waals surface area contributed by atoms with Crippen molar-refractivity contribution in [2.24, 2.45) is 0 Å². The van der Waals surface area contributed by atoms with E-state index in [0.29, 0.717) is 5.46 Å². The highest BCUT2D eigenvalue weighted by Crippen LogP contribution is 2.21. The van der Waals surface area contributed by atoms with Crippen molar-refractivity contribution in [3.05, 3.63) is 11.2 Å². The molecule has 0 saturated carbocycles. The molecule has 1 aromatic heterocycles. The van der Waals surface area contributed by atoms with Crippen molar-refractivity contribution in [1.82, 2.24) is 4.98 Å². The minimum absolute atomic E-state index is 0.0187. The number of anilines is 1. The number of pyridine rings is 1. The number of halogens is 1. The lowest BCUT2D eigenvalue weighted by Gasteiger charge is -2.19. The van der Waals surface area contributed by atoms with Crippen LogP contribution >= 0.6 is 11.6 Å². The molecule has 5 nitrogen and oxygen atoms in total. The summed E-state index contributed by atoms with van der Waals surface area (Å²) in [6.45, 7) is 5.21. The van der Waals surface area contributed by atoms with Gasteiger partial charge in [0.2, 0.25) is 0 Å². The van der Waals surface area contributed by atoms with Crippen LogP contribution in [-0.2, 0) is 4.74 Å². The Balaban J connectivity index is 2.82. The third kappa shape index (κ3) is 4.15. The van der Waals surface area contributed by atoms with Gasteiger partial charge in [0, 0.05) is 0 Å². The summed E-state index contributed by atoms with van der Waals surface area (Å²) in [6, 6.07) is 1.42. The lowest BCUT2D eigenvalue weighted by molar-refractivity contribution is 0.0634. The van der Waals surface area contributed by atoms with Crippen molar-refractivity contribution < 1.29 is 14.6 Å². The van der Waals surface area contributed by atoms with Crippen LogP contribution < -0.4 is 10.8 Å². The van der Waals surface area contributed by atoms with Gasteiger partial charge in [0.1, 0.15) is 18.6 Å². The van der Waals surface area contributed by atoms with Crippen LogP contribution in [0.1, 0.15) is 20.8 Å². The number of carbonyl (C=O) groups excluding carboxylic acids is 1. The predicted molar refractivity (Wildman–Crippen MR) is 68.9 cm³/mol. The fraction of sp³-hybridized carbons (Fsp3) is 0.400. The molecule has 0 aliphatic carbocycles. The van der Waals surface area contributed by atoms with E-state index in [1.54, 1.807) is 28.6 Å². The zero-order valence-corrected chi connectivity index (χ0v) is 10.9. The Bertz CT molecular complexity index is 446. The van der Waals surface area contributed by atoms with Crippen LogP contribution in [0.5, 0.6) is 5.75 Å². The van der Waals surface area contributed by atoms with Crippen molar-refractivity contribution >= 4 is 36.8 Å². The number of carbonyl (C=O) groups is 1. The molecule has 92 valence electrons. The first-order valence-corrected chi connectivity index (χ1v) is 5.43. The maximum absolute atomic E-state index is 11.4. The van der Waals surface area contributed by atoms with Crippen LogP contribution in [0.25, 0.3) is 0 Å². The molecule has 2 N–H and O–H groups in total. The van der Waals surface area contributed by atoms with Crippen LogP contribution in [-0.4, -0.2) is 29.6 Å². The van der Waals surface area contributed by atoms with Crippen LogP contribution in [0.15, 0.2) is 6.07 Å². The van der Waals surface area contributed by atoms with Crippen molar-refractivity contribution in [3.63, 3.8) is 0 Å². The Morgan fingerprint density at radius 2 is 2.18 bits per heavy atom. The van der Waals surface area contributed by atoms with Gasteiger partial charge in [-0.2, -0.15) is 0 Å². The lowest BCUT2D eigenvalue weighted by atomic mass is 9.98. The summed E-state index contributed by atoms with van der Waals surface area (Å²) in [6.07, 6.45) is -0.694. The molecule has 0 saturated heterocycles. The third-order valence-electron chi connectivity index (χ3n) is 1.75. The smallest absolute Gasteiger partial charge is 0.413 e. The third-order valence-corrected chi connectivity index (χ3v) is 2.13. The summed E-state index contributed by atoms with van der Waals surface area (Å²) < 4.78 is 5.02. The Morgan fingerprint density at radius 1 is 1.59 bits per heavy atom. The minimum atomic E-state index is -0.694. The Labute approximate surface area is 106 Å². The van der Waals surface area contributed by atoms with E-state index in [1.807, 2.05) is 0 Å². The van der Waals surface area contributed by atoms with Gasteiger partial charge >= 0.3 is 6.09 Å². The topological polar surface area (TPSA) is 71.5 Å². The molecule has 0 atom stereocenters. The van der Waals surface area contributed by atoms with Crippen LogP contribution in [0.2, 0.25) is 5.15 Å². The first-order chi connectivity index (χ1) is 7.69. The van der Waals surface area contributed by atoms with E-state index in [4.69, 9.17) is 16.3 Å². The molecule has 0 aliphatic rings. The zero-order valence-electron chi connectivity index (χ0n) is 10.2. The van der Waals surface area contributed by atoms with Crippen molar-refractivity contribution in [1.29, 1.82) is 0 Å². The van der Waals surface area contributed by atoms with E-state index in [2.05, 4.69) is 10.3 Å². The number of aromatic nitrogens is 1. The molecule has 0 bridgehead atoms. The van der Waals surface area contributed by atoms with E-state index >= 15 is 0 Å². The van der Waals surface area contributed by atoms with Crippen molar-refractivity contribution in [2.75, 3.05) is 5.32 Å². The second-order valence-electron chi connectivity index (χ2n) is 4.59. The fourth-order valence-electron chi connectivity index (χ4n) is 1.07. The number of hydrogen-bond donors (Lipinski definition) is 2. The molecule has 0 unspecified atom stereocenters. The Kier molecular flexibility index (Phi) is 3.88. The molecule has 0 fully saturated rings. The van der Waals surface area contributed by atoms with Gasteiger partial charge in [0.05, 0.1) is 0 Å². The highest BCUT2D eigenvalue weighted by molar-refractivity contribution is 6.44. The van der Waals surface area contributed by atoms with Crippen LogP contribution in [0.4, 0.5) is 10.6 Å². The molecular formula is C10H14BClN2O3. The normalized spacial score (nSPS) is 11.1. The molecule has 1 amide bonds. The molecule has 1 rings (SSSR count). The average Bonchev–Trinajstić information content (AvgIpc) is 2.11. The van der Waals surface area contributed by atoms with E-state index in [0.717, 1.165) is 0 Å². The van der Waals surface area contributed by atoms with Crippen molar-refractivity contribution in [2.45, 2.75) is 26.4 Å². The predicted octanol–water partition coefficient (Wildman–Crippen LogP) is 1.05. The number of amides is 1. The van der Waals surface area contributed by atoms with Gasteiger partial charge in [-0.3, -0.25) is 5.32 Å². The molecular weight excluding hydrogens is 242 g/mol. The summed E-state index contributed by atoms with van der Waals surface area (Å²) in [7, 11) is 1.70. The van der Waals surface area contributed by atoms with Gasteiger partial charge < -0.3 is 9.84 Å². The number of rotatable bonds is 1. The lowest BCUT2D eigenvalue weighted by Crippen LogP contribution is -2.27. The highest BCUT2D eigenvalue weighted by atomic mass is 35.5. The Hall–Kier alpha value is -1.43. The van der Waals surface area contributed by atoms with E-state index in [1.165, 1.54) is 6.07 Å². The standard InChI is InChI=1S/C10H14BClN2O3/c1-10(2,3)17-9(16)14-8-6(15)4-5(11)7(12)13-8/h4,15H,11H2,1-3H3,(H,13,14,16). The molecule has 1 heterocycles. The number of hydrogen-bond acceptors (Lipinski definition) is 4. The van der Waals surface area contributed by atoms with E-state index in [-0.39, 0.29) is 16.7 Å². The van der Waals surface area contributed by atoms with Crippen LogP contribution in [0, 0.1) is 0 Å². The van der Waals surface area contributed by atoms with Gasteiger partial charge in [-0.15, -0.1) is 0 Å². The number of nitrogens with one attached hydrogen (secondary N) is 1. The molecule has 0 spiro atoms. The molecule has 0 radical (unpaired) electrons. The largest absolute Gasteiger partial charge is 0.504 e. The second kappa shape index (κ2) is 4.83. The monoisotopic (exact) mass is 256 g/mol. The maximum Gasteiger partial charge on any atom is 0.413 e. The summed E-state index contributed by atoms with van der Waals surface area (Å²) in [5, 5.41) is 12.1. The fourth-order valence-corrected chi connectivity index (χ4v) is 1.21. The summed E-state index contributed by atoms with van der Waals surface area (Å²) in [4.78, 5) is 15.3. The SMILES string of the molecule is Bc1cc(O)c(NC(=O)OC(C)(C)C)nc1Cl. The van der Waals surface area contributed by atoms with Gasteiger partial charge in [-0.05, 0) is 32.3 Å². The molecule has 0 aliphatic heterocycles. The number of nitrogens with zero attached hydrogens (tertiary/aromatic N) is 1. The van der Waals surface area contributed by atoms with Gasteiger partial charge in [0.15, 0.2) is 11.6 Å². The molecule has 1 aromatic rings. The van der Waals surface area contributed by atoms with Gasteiger partial charge in [-0.25, -0.2) is 9.78 Å². The summed E-state index contributed by atoms with van der Waals surface area (Å²) >= 11 is 5.79. The average molecular weight is 256 g/mol. The van der Waals surface area contributed by atoms with E-state index < -0.39 is 11.7 Å². The maximum atomic E-state index is 11.4. The second-order valence-corrected chi connectivity index (χ2v) is 4.95. The first kappa shape index (κ1) is 13.6. The van der Waals surface area contributed by atoms with Gasteiger partial charge in [-0.1, -0.05) is 11.6 Å². The quantitative estimate of drug-likeness (QED) is 0.582. The van der Waals surface area contributed by atoms with Gasteiger partial charge in [0.25, 0.3) is 0 Å². The summed E-state index contributed by atoms with van der Waals surface area (Å²) in [5.74, 6) is -0.174. The summed E-state index contributed by atoms with van der Waals surface area (Å²) in [5.41, 5.74) is 0.00712. The van der Waals surface area contributed by atoms with E-state index in [9.17, 15) is 9.90 Å². The highest BCUT2D eigenvalue weighted by Gasteiger charge is 2.18. The minimum Gasteiger partial charge on any atom is -0.504 e. The molecule has 7 heteroatoms. The number of aromatic hydroxyl groups is 1. The molecule has 17 heavy (non-hydrogen) atoms. The Morgan fingerprint density at radius 3 is 2.71 bits per heavy atom. The number of ether oxygens (including phenoxy) is 1.